The lowest BCUT2D eigenvalue weighted by atomic mass is 9.85. The molecule has 126 valence electrons. The summed E-state index contributed by atoms with van der Waals surface area (Å²) in [6.07, 6.45) is 0. The van der Waals surface area contributed by atoms with Crippen molar-refractivity contribution in [1.29, 1.82) is 0 Å². The molecule has 0 aliphatic heterocycles. The number of nitrogens with one attached hydrogen (secondary N) is 2. The highest BCUT2D eigenvalue weighted by Gasteiger charge is 2.20. The normalized spacial score (nSPS) is 13.2. The first-order chi connectivity index (χ1) is 9.99. The van der Waals surface area contributed by atoms with Gasteiger partial charge in [-0.3, -0.25) is 4.99 Å². The fourth-order valence-corrected chi connectivity index (χ4v) is 1.93. The number of hydrogen-bond acceptors (Lipinski definition) is 2. The van der Waals surface area contributed by atoms with Crippen LogP contribution >= 0.6 is 24.0 Å². The predicted octanol–water partition coefficient (Wildman–Crippen LogP) is 2.77. The van der Waals surface area contributed by atoms with E-state index >= 15 is 0 Å². The molecule has 1 atom stereocenters. The molecule has 0 saturated carbocycles. The molecule has 1 unspecified atom stereocenters. The van der Waals surface area contributed by atoms with Crippen molar-refractivity contribution in [2.24, 2.45) is 10.9 Å². The minimum Gasteiger partial charge on any atom is -0.396 e. The fourth-order valence-electron chi connectivity index (χ4n) is 1.93. The van der Waals surface area contributed by atoms with Gasteiger partial charge in [-0.05, 0) is 18.4 Å². The first-order valence-corrected chi connectivity index (χ1v) is 7.68. The maximum absolute atomic E-state index is 9.09. The maximum Gasteiger partial charge on any atom is 0.191 e. The zero-order valence-electron chi connectivity index (χ0n) is 14.1. The minimum atomic E-state index is -0.00773. The number of nitrogens with zero attached hydrogens (tertiary/aromatic N) is 1. The van der Waals surface area contributed by atoms with Crippen molar-refractivity contribution in [3.05, 3.63) is 35.9 Å². The molecule has 22 heavy (non-hydrogen) atoms. The van der Waals surface area contributed by atoms with E-state index in [0.717, 1.165) is 12.5 Å². The summed E-state index contributed by atoms with van der Waals surface area (Å²) in [6.45, 7) is 10.9. The van der Waals surface area contributed by atoms with E-state index in [-0.39, 0.29) is 41.9 Å². The van der Waals surface area contributed by atoms with Gasteiger partial charge in [0.2, 0.25) is 0 Å². The van der Waals surface area contributed by atoms with Crippen LogP contribution in [0, 0.1) is 5.92 Å². The van der Waals surface area contributed by atoms with E-state index in [1.807, 2.05) is 13.0 Å². The largest absolute Gasteiger partial charge is 0.396 e. The van der Waals surface area contributed by atoms with Crippen LogP contribution < -0.4 is 10.6 Å². The molecule has 0 spiro atoms. The van der Waals surface area contributed by atoms with Gasteiger partial charge >= 0.3 is 0 Å². The Kier molecular flexibility index (Phi) is 10.4. The third kappa shape index (κ3) is 7.45. The molecular weight excluding hydrogens is 389 g/mol. The number of hydrogen-bond donors (Lipinski definition) is 3. The smallest absolute Gasteiger partial charge is 0.191 e. The molecule has 0 fully saturated rings. The van der Waals surface area contributed by atoms with Gasteiger partial charge in [-0.2, -0.15) is 0 Å². The second-order valence-electron chi connectivity index (χ2n) is 6.11. The molecule has 0 bridgehead atoms. The standard InChI is InChI=1S/C17H29N3O.HI/c1-5-18-16(19-11-14(2)12-21)20-13-17(3,4)15-9-7-6-8-10-15;/h6-10,14,21H,5,11-13H2,1-4H3,(H2,18,19,20);1H. The highest BCUT2D eigenvalue weighted by molar-refractivity contribution is 14.0. The zero-order chi connectivity index (χ0) is 15.7. The SMILES string of the molecule is CCNC(=NCC(C)(C)c1ccccc1)NCC(C)CO.I. The van der Waals surface area contributed by atoms with Gasteiger partial charge in [0, 0.05) is 25.1 Å². The van der Waals surface area contributed by atoms with Crippen LogP contribution in [0.1, 0.15) is 33.3 Å². The molecule has 1 aromatic rings. The van der Waals surface area contributed by atoms with Crippen molar-refractivity contribution < 1.29 is 5.11 Å². The van der Waals surface area contributed by atoms with Crippen LogP contribution in [0.25, 0.3) is 0 Å². The molecule has 0 saturated heterocycles. The summed E-state index contributed by atoms with van der Waals surface area (Å²) in [5.74, 6) is 1.03. The first-order valence-electron chi connectivity index (χ1n) is 7.68. The first kappa shape index (κ1) is 21.2. The van der Waals surface area contributed by atoms with E-state index in [1.165, 1.54) is 5.56 Å². The number of aliphatic hydroxyl groups is 1. The number of benzene rings is 1. The van der Waals surface area contributed by atoms with Crippen LogP contribution in [0.2, 0.25) is 0 Å². The van der Waals surface area contributed by atoms with Crippen LogP contribution in [-0.4, -0.2) is 37.3 Å². The molecule has 0 radical (unpaired) electrons. The van der Waals surface area contributed by atoms with E-state index < -0.39 is 0 Å². The van der Waals surface area contributed by atoms with Crippen molar-refractivity contribution in [2.45, 2.75) is 33.1 Å². The Morgan fingerprint density at radius 3 is 2.41 bits per heavy atom. The number of aliphatic hydroxyl groups excluding tert-OH is 1. The molecule has 4 nitrogen and oxygen atoms in total. The lowest BCUT2D eigenvalue weighted by Crippen LogP contribution is -2.40. The van der Waals surface area contributed by atoms with Gasteiger partial charge in [0.15, 0.2) is 5.96 Å². The van der Waals surface area contributed by atoms with Gasteiger partial charge in [-0.25, -0.2) is 0 Å². The summed E-state index contributed by atoms with van der Waals surface area (Å²) in [6, 6.07) is 10.4. The Morgan fingerprint density at radius 1 is 1.23 bits per heavy atom. The number of guanidine groups is 1. The summed E-state index contributed by atoms with van der Waals surface area (Å²) >= 11 is 0. The predicted molar refractivity (Wildman–Crippen MR) is 105 cm³/mol. The summed E-state index contributed by atoms with van der Waals surface area (Å²) in [5.41, 5.74) is 1.28. The topological polar surface area (TPSA) is 56.7 Å². The summed E-state index contributed by atoms with van der Waals surface area (Å²) < 4.78 is 0. The molecule has 0 heterocycles. The van der Waals surface area contributed by atoms with Crippen molar-refractivity contribution >= 4 is 29.9 Å². The Morgan fingerprint density at radius 2 is 1.86 bits per heavy atom. The molecule has 1 rings (SSSR count). The van der Waals surface area contributed by atoms with Crippen LogP contribution in [-0.2, 0) is 5.41 Å². The van der Waals surface area contributed by atoms with Crippen LogP contribution in [0.15, 0.2) is 35.3 Å². The van der Waals surface area contributed by atoms with Gasteiger partial charge in [-0.15, -0.1) is 24.0 Å². The molecule has 0 aromatic heterocycles. The number of halogens is 1. The fraction of sp³-hybridized carbons (Fsp3) is 0.588. The van der Waals surface area contributed by atoms with E-state index in [9.17, 15) is 0 Å². The highest BCUT2D eigenvalue weighted by Crippen LogP contribution is 2.22. The van der Waals surface area contributed by atoms with Gasteiger partial charge in [-0.1, -0.05) is 51.1 Å². The van der Waals surface area contributed by atoms with Crippen molar-refractivity contribution in [2.75, 3.05) is 26.2 Å². The van der Waals surface area contributed by atoms with Crippen LogP contribution in [0.3, 0.4) is 0 Å². The van der Waals surface area contributed by atoms with Gasteiger partial charge in [0.25, 0.3) is 0 Å². The molecule has 3 N–H and O–H groups in total. The lowest BCUT2D eigenvalue weighted by molar-refractivity contribution is 0.238. The van der Waals surface area contributed by atoms with Crippen molar-refractivity contribution in [3.63, 3.8) is 0 Å². The molecular formula is C17H30IN3O. The molecule has 5 heteroatoms. The molecule has 0 aliphatic rings. The summed E-state index contributed by atoms with van der Waals surface area (Å²) in [5, 5.41) is 15.6. The molecule has 1 aromatic carbocycles. The molecule has 0 aliphatic carbocycles. The van der Waals surface area contributed by atoms with Gasteiger partial charge in [0.05, 0.1) is 6.54 Å². The lowest BCUT2D eigenvalue weighted by Gasteiger charge is -2.24. The second-order valence-corrected chi connectivity index (χ2v) is 6.11. The van der Waals surface area contributed by atoms with E-state index in [0.29, 0.717) is 13.1 Å². The van der Waals surface area contributed by atoms with E-state index in [4.69, 9.17) is 5.11 Å². The number of rotatable bonds is 7. The third-order valence-corrected chi connectivity index (χ3v) is 3.46. The summed E-state index contributed by atoms with van der Waals surface area (Å²) in [4.78, 5) is 4.68. The third-order valence-electron chi connectivity index (χ3n) is 3.46. The van der Waals surface area contributed by atoms with E-state index in [1.54, 1.807) is 0 Å². The Hall–Kier alpha value is -0.820. The zero-order valence-corrected chi connectivity index (χ0v) is 16.4. The maximum atomic E-state index is 9.09. The average molecular weight is 419 g/mol. The Labute approximate surface area is 151 Å². The minimum absolute atomic E-state index is 0. The van der Waals surface area contributed by atoms with Crippen LogP contribution in [0.4, 0.5) is 0 Å². The molecule has 0 amide bonds. The van der Waals surface area contributed by atoms with Crippen molar-refractivity contribution in [1.82, 2.24) is 10.6 Å². The quantitative estimate of drug-likeness (QED) is 0.362. The second kappa shape index (κ2) is 10.8. The van der Waals surface area contributed by atoms with E-state index in [2.05, 4.69) is 60.7 Å². The Bertz CT molecular complexity index is 435. The summed E-state index contributed by atoms with van der Waals surface area (Å²) in [7, 11) is 0. The van der Waals surface area contributed by atoms with Crippen molar-refractivity contribution in [3.8, 4) is 0 Å². The number of aliphatic imine (C=N–C) groups is 1. The van der Waals surface area contributed by atoms with Gasteiger partial charge in [0.1, 0.15) is 0 Å². The monoisotopic (exact) mass is 419 g/mol. The highest BCUT2D eigenvalue weighted by atomic mass is 127. The average Bonchev–Trinajstić information content (AvgIpc) is 2.50. The van der Waals surface area contributed by atoms with Gasteiger partial charge < -0.3 is 15.7 Å². The Balaban J connectivity index is 0.00000441. The van der Waals surface area contributed by atoms with Crippen LogP contribution in [0.5, 0.6) is 0 Å².